The fourth-order valence-electron chi connectivity index (χ4n) is 1.56. The van der Waals surface area contributed by atoms with Gasteiger partial charge in [0, 0.05) is 18.1 Å². The third kappa shape index (κ3) is 3.41. The number of halogens is 1. The fraction of sp³-hybridized carbons (Fsp3) is 0.333. The topological polar surface area (TPSA) is 47.0 Å². The molecule has 0 amide bonds. The average Bonchev–Trinajstić information content (AvgIpc) is 2.81. The van der Waals surface area contributed by atoms with Crippen molar-refractivity contribution < 1.29 is 4.74 Å². The molecule has 0 aromatic carbocycles. The van der Waals surface area contributed by atoms with Crippen LogP contribution >= 0.6 is 22.9 Å². The molecule has 0 aliphatic rings. The molecule has 1 unspecified atom stereocenters. The van der Waals surface area contributed by atoms with Crippen molar-refractivity contribution in [1.82, 2.24) is 9.97 Å². The van der Waals surface area contributed by atoms with Gasteiger partial charge in [-0.3, -0.25) is 0 Å². The number of ether oxygens (including phenoxy) is 1. The Labute approximate surface area is 115 Å². The monoisotopic (exact) mass is 283 g/mol. The molecule has 0 aliphatic heterocycles. The molecule has 0 fully saturated rings. The molecule has 1 N–H and O–H groups in total. The zero-order chi connectivity index (χ0) is 13.0. The van der Waals surface area contributed by atoms with Gasteiger partial charge in [0.1, 0.15) is 17.6 Å². The minimum atomic E-state index is 0.186. The summed E-state index contributed by atoms with van der Waals surface area (Å²) in [6.07, 6.45) is 0. The molecule has 0 aliphatic carbocycles. The largest absolute Gasteiger partial charge is 0.377 e. The second-order valence-corrected chi connectivity index (χ2v) is 5.17. The number of hydrogen-bond acceptors (Lipinski definition) is 5. The molecule has 18 heavy (non-hydrogen) atoms. The van der Waals surface area contributed by atoms with Crippen LogP contribution in [0.4, 0.5) is 5.82 Å². The Morgan fingerprint density at radius 1 is 1.50 bits per heavy atom. The minimum absolute atomic E-state index is 0.186. The summed E-state index contributed by atoms with van der Waals surface area (Å²) in [5.41, 5.74) is 0. The first-order valence-electron chi connectivity index (χ1n) is 5.51. The number of rotatable bonds is 5. The summed E-state index contributed by atoms with van der Waals surface area (Å²) in [4.78, 5) is 9.68. The van der Waals surface area contributed by atoms with Crippen LogP contribution in [0.1, 0.15) is 23.7 Å². The molecule has 0 saturated carbocycles. The van der Waals surface area contributed by atoms with Crippen LogP contribution in [-0.4, -0.2) is 17.1 Å². The van der Waals surface area contributed by atoms with E-state index in [0.29, 0.717) is 23.4 Å². The first-order chi connectivity index (χ1) is 8.69. The summed E-state index contributed by atoms with van der Waals surface area (Å²) in [6, 6.07) is 6.01. The van der Waals surface area contributed by atoms with Crippen molar-refractivity contribution in [3.8, 4) is 0 Å². The Morgan fingerprint density at radius 3 is 3.00 bits per heavy atom. The normalized spacial score (nSPS) is 12.4. The summed E-state index contributed by atoms with van der Waals surface area (Å²) in [6.45, 7) is 2.43. The molecule has 2 aromatic heterocycles. The lowest BCUT2D eigenvalue weighted by Gasteiger charge is -2.13. The Kier molecular flexibility index (Phi) is 4.52. The molecule has 4 nitrogen and oxygen atoms in total. The van der Waals surface area contributed by atoms with Crippen LogP contribution < -0.4 is 5.32 Å². The molecule has 0 saturated heterocycles. The highest BCUT2D eigenvalue weighted by Crippen LogP contribution is 2.23. The molecule has 0 radical (unpaired) electrons. The molecule has 2 heterocycles. The van der Waals surface area contributed by atoms with E-state index in [9.17, 15) is 0 Å². The molecular weight excluding hydrogens is 270 g/mol. The maximum absolute atomic E-state index is 5.95. The van der Waals surface area contributed by atoms with Gasteiger partial charge in [-0.25, -0.2) is 9.97 Å². The van der Waals surface area contributed by atoms with E-state index >= 15 is 0 Å². The predicted octanol–water partition coefficient (Wildman–Crippen LogP) is 3.51. The summed E-state index contributed by atoms with van der Waals surface area (Å²) in [7, 11) is 1.60. The quantitative estimate of drug-likeness (QED) is 0.853. The van der Waals surface area contributed by atoms with Crippen molar-refractivity contribution in [2.24, 2.45) is 0 Å². The van der Waals surface area contributed by atoms with Gasteiger partial charge >= 0.3 is 0 Å². The molecule has 2 rings (SSSR count). The van der Waals surface area contributed by atoms with Crippen LogP contribution in [0.2, 0.25) is 5.15 Å². The zero-order valence-electron chi connectivity index (χ0n) is 10.2. The van der Waals surface area contributed by atoms with Gasteiger partial charge in [-0.2, -0.15) is 0 Å². The van der Waals surface area contributed by atoms with E-state index in [0.717, 1.165) is 0 Å². The van der Waals surface area contributed by atoms with Gasteiger partial charge in [-0.1, -0.05) is 17.7 Å². The van der Waals surface area contributed by atoms with Crippen LogP contribution in [0.25, 0.3) is 0 Å². The Hall–Kier alpha value is -1.17. The van der Waals surface area contributed by atoms with Gasteiger partial charge in [-0.15, -0.1) is 11.3 Å². The van der Waals surface area contributed by atoms with Crippen molar-refractivity contribution >= 4 is 28.8 Å². The second kappa shape index (κ2) is 6.13. The van der Waals surface area contributed by atoms with E-state index in [4.69, 9.17) is 16.3 Å². The van der Waals surface area contributed by atoms with Crippen LogP contribution in [0.5, 0.6) is 0 Å². The molecule has 96 valence electrons. The Morgan fingerprint density at radius 2 is 2.33 bits per heavy atom. The van der Waals surface area contributed by atoms with Crippen LogP contribution in [0.3, 0.4) is 0 Å². The number of anilines is 1. The number of nitrogens with one attached hydrogen (secondary N) is 1. The number of methoxy groups -OCH3 is 1. The highest BCUT2D eigenvalue weighted by molar-refractivity contribution is 7.10. The van der Waals surface area contributed by atoms with Gasteiger partial charge < -0.3 is 10.1 Å². The molecule has 0 bridgehead atoms. The zero-order valence-corrected chi connectivity index (χ0v) is 11.8. The molecule has 1 atom stereocenters. The molecule has 6 heteroatoms. The average molecular weight is 284 g/mol. The molecule has 2 aromatic rings. The summed E-state index contributed by atoms with van der Waals surface area (Å²) in [5.74, 6) is 1.29. The predicted molar refractivity (Wildman–Crippen MR) is 74.1 cm³/mol. The lowest BCUT2D eigenvalue weighted by Crippen LogP contribution is -2.08. The van der Waals surface area contributed by atoms with Gasteiger partial charge in [0.15, 0.2) is 5.82 Å². The van der Waals surface area contributed by atoms with E-state index in [1.165, 1.54) is 4.88 Å². The lowest BCUT2D eigenvalue weighted by atomic mass is 10.3. The fourth-order valence-corrected chi connectivity index (χ4v) is 2.50. The highest BCUT2D eigenvalue weighted by Gasteiger charge is 2.09. The minimum Gasteiger partial charge on any atom is -0.377 e. The number of nitrogens with zero attached hydrogens (tertiary/aromatic N) is 2. The van der Waals surface area contributed by atoms with Crippen LogP contribution in [0.15, 0.2) is 23.6 Å². The molecule has 0 spiro atoms. The van der Waals surface area contributed by atoms with Gasteiger partial charge in [0.05, 0.1) is 6.04 Å². The number of aromatic nitrogens is 2. The van der Waals surface area contributed by atoms with Crippen molar-refractivity contribution in [1.29, 1.82) is 0 Å². The third-order valence-corrected chi connectivity index (χ3v) is 3.60. The summed E-state index contributed by atoms with van der Waals surface area (Å²) < 4.78 is 5.01. The Balaban J connectivity index is 2.13. The first kappa shape index (κ1) is 13.3. The van der Waals surface area contributed by atoms with Gasteiger partial charge in [-0.05, 0) is 18.4 Å². The van der Waals surface area contributed by atoms with Gasteiger partial charge in [0.25, 0.3) is 0 Å². The molecular formula is C12H14ClN3OS. The highest BCUT2D eigenvalue weighted by atomic mass is 35.5. The van der Waals surface area contributed by atoms with Gasteiger partial charge in [0.2, 0.25) is 0 Å². The standard InChI is InChI=1S/C12H14ClN3OS/c1-8(9-4-3-5-18-9)14-11-6-10(13)15-12(16-11)7-17-2/h3-6,8H,7H2,1-2H3,(H,14,15,16). The summed E-state index contributed by atoms with van der Waals surface area (Å²) >= 11 is 7.66. The number of hydrogen-bond donors (Lipinski definition) is 1. The maximum Gasteiger partial charge on any atom is 0.158 e. The van der Waals surface area contributed by atoms with Crippen molar-refractivity contribution in [3.63, 3.8) is 0 Å². The van der Waals surface area contributed by atoms with E-state index in [1.54, 1.807) is 24.5 Å². The van der Waals surface area contributed by atoms with Crippen molar-refractivity contribution in [2.75, 3.05) is 12.4 Å². The van der Waals surface area contributed by atoms with Crippen LogP contribution in [-0.2, 0) is 11.3 Å². The van der Waals surface area contributed by atoms with E-state index in [1.807, 2.05) is 6.07 Å². The number of thiophene rings is 1. The van der Waals surface area contributed by atoms with E-state index in [-0.39, 0.29) is 6.04 Å². The van der Waals surface area contributed by atoms with Crippen molar-refractivity contribution in [2.45, 2.75) is 19.6 Å². The third-order valence-electron chi connectivity index (χ3n) is 2.35. The lowest BCUT2D eigenvalue weighted by molar-refractivity contribution is 0.178. The smallest absolute Gasteiger partial charge is 0.158 e. The van der Waals surface area contributed by atoms with Crippen LogP contribution in [0, 0.1) is 0 Å². The second-order valence-electron chi connectivity index (χ2n) is 3.81. The van der Waals surface area contributed by atoms with Crippen molar-refractivity contribution in [3.05, 3.63) is 39.4 Å². The summed E-state index contributed by atoms with van der Waals surface area (Å²) in [5, 5.41) is 5.77. The van der Waals surface area contributed by atoms with E-state index in [2.05, 4.69) is 33.7 Å². The maximum atomic E-state index is 5.95. The Bertz CT molecular complexity index is 504. The first-order valence-corrected chi connectivity index (χ1v) is 6.77. The SMILES string of the molecule is COCc1nc(Cl)cc(NC(C)c2cccs2)n1. The van der Waals surface area contributed by atoms with E-state index < -0.39 is 0 Å².